The number of fused-ring (bicyclic) bond motifs is 2. The Hall–Kier alpha value is -3.55. The van der Waals surface area contributed by atoms with E-state index in [0.717, 1.165) is 30.9 Å². The van der Waals surface area contributed by atoms with Gasteiger partial charge in [-0.05, 0) is 37.1 Å². The van der Waals surface area contributed by atoms with Crippen molar-refractivity contribution in [2.45, 2.75) is 31.7 Å². The number of benzene rings is 1. The van der Waals surface area contributed by atoms with Crippen LogP contribution in [0.25, 0.3) is 16.6 Å². The van der Waals surface area contributed by atoms with Crippen molar-refractivity contribution in [1.82, 2.24) is 29.0 Å². The highest BCUT2D eigenvalue weighted by molar-refractivity contribution is 5.77. The molecule has 4 heterocycles. The molecule has 1 unspecified atom stereocenters. The van der Waals surface area contributed by atoms with E-state index in [1.807, 2.05) is 51.9 Å². The van der Waals surface area contributed by atoms with Crippen LogP contribution in [0.1, 0.15) is 31.0 Å². The Balaban J connectivity index is 1.28. The minimum Gasteiger partial charge on any atom is -0.342 e. The average Bonchev–Trinajstić information content (AvgIpc) is 3.23. The molecule has 5 rings (SSSR count). The van der Waals surface area contributed by atoms with E-state index in [1.54, 1.807) is 6.07 Å². The fourth-order valence-corrected chi connectivity index (χ4v) is 4.19. The number of aromatic nitrogens is 5. The van der Waals surface area contributed by atoms with E-state index >= 15 is 0 Å². The number of rotatable bonds is 4. The highest BCUT2D eigenvalue weighted by atomic mass is 16.2. The number of hydrogen-bond donors (Lipinski definition) is 0. The summed E-state index contributed by atoms with van der Waals surface area (Å²) < 4.78 is 3.52. The lowest BCUT2D eigenvalue weighted by molar-refractivity contribution is -0.132. The maximum absolute atomic E-state index is 12.9. The smallest absolute Gasteiger partial charge is 0.261 e. The number of nitrogens with zero attached hydrogens (tertiary/aromatic N) is 6. The highest BCUT2D eigenvalue weighted by Gasteiger charge is 2.27. The zero-order valence-corrected chi connectivity index (χ0v) is 16.5. The first-order chi connectivity index (χ1) is 14.7. The number of likely N-dealkylation sites (tertiary alicyclic amines) is 1. The van der Waals surface area contributed by atoms with E-state index in [2.05, 4.69) is 15.2 Å². The second-order valence-corrected chi connectivity index (χ2v) is 7.68. The van der Waals surface area contributed by atoms with E-state index in [1.165, 1.54) is 10.9 Å². The van der Waals surface area contributed by atoms with Crippen molar-refractivity contribution < 1.29 is 4.79 Å². The molecule has 0 N–H and O–H groups in total. The minimum atomic E-state index is -0.111. The van der Waals surface area contributed by atoms with Crippen LogP contribution in [0, 0.1) is 0 Å². The third kappa shape index (κ3) is 3.34. The molecule has 1 saturated heterocycles. The van der Waals surface area contributed by atoms with E-state index < -0.39 is 0 Å². The Bertz CT molecular complexity index is 1280. The average molecular weight is 402 g/mol. The van der Waals surface area contributed by atoms with Gasteiger partial charge in [0.15, 0.2) is 5.65 Å². The summed E-state index contributed by atoms with van der Waals surface area (Å²) in [6, 6.07) is 13.1. The first-order valence-corrected chi connectivity index (χ1v) is 10.2. The number of hydrogen-bond acceptors (Lipinski definition) is 5. The van der Waals surface area contributed by atoms with Crippen LogP contribution in [-0.2, 0) is 11.3 Å². The molecule has 1 fully saturated rings. The molecule has 4 aromatic rings. The minimum absolute atomic E-state index is 0.0496. The van der Waals surface area contributed by atoms with Gasteiger partial charge in [0, 0.05) is 38.2 Å². The highest BCUT2D eigenvalue weighted by Crippen LogP contribution is 2.26. The number of carbonyl (C=O) groups is 1. The predicted molar refractivity (Wildman–Crippen MR) is 112 cm³/mol. The van der Waals surface area contributed by atoms with Gasteiger partial charge in [-0.15, -0.1) is 10.2 Å². The van der Waals surface area contributed by atoms with Crippen molar-refractivity contribution in [1.29, 1.82) is 0 Å². The van der Waals surface area contributed by atoms with Crippen molar-refractivity contribution in [2.75, 3.05) is 13.1 Å². The van der Waals surface area contributed by atoms with Crippen molar-refractivity contribution in [3.8, 4) is 0 Å². The third-order valence-electron chi connectivity index (χ3n) is 5.78. The van der Waals surface area contributed by atoms with Crippen molar-refractivity contribution in [3.63, 3.8) is 0 Å². The molecule has 0 aliphatic carbocycles. The number of para-hydroxylation sites is 1. The molecule has 8 nitrogen and oxygen atoms in total. The fourth-order valence-electron chi connectivity index (χ4n) is 4.19. The van der Waals surface area contributed by atoms with E-state index in [0.29, 0.717) is 24.0 Å². The lowest BCUT2D eigenvalue weighted by Gasteiger charge is -2.32. The van der Waals surface area contributed by atoms with Crippen LogP contribution in [0.5, 0.6) is 0 Å². The van der Waals surface area contributed by atoms with Crippen LogP contribution in [0.4, 0.5) is 0 Å². The molecule has 1 atom stereocenters. The molecule has 30 heavy (non-hydrogen) atoms. The van der Waals surface area contributed by atoms with Crippen LogP contribution < -0.4 is 5.56 Å². The van der Waals surface area contributed by atoms with Crippen molar-refractivity contribution >= 4 is 22.5 Å². The number of pyridine rings is 1. The largest absolute Gasteiger partial charge is 0.342 e. The van der Waals surface area contributed by atoms with Gasteiger partial charge in [0.1, 0.15) is 5.82 Å². The number of carbonyl (C=O) groups excluding carboxylic acids is 1. The monoisotopic (exact) mass is 402 g/mol. The molecule has 8 heteroatoms. The van der Waals surface area contributed by atoms with E-state index in [4.69, 9.17) is 0 Å². The summed E-state index contributed by atoms with van der Waals surface area (Å²) in [4.78, 5) is 31.7. The van der Waals surface area contributed by atoms with E-state index in [-0.39, 0.29) is 23.8 Å². The SMILES string of the molecule is O=C(CCn1cnc2ccccc2c1=O)N1CCCC(c2nnc3ccccn23)C1. The maximum Gasteiger partial charge on any atom is 0.261 e. The topological polar surface area (TPSA) is 85.4 Å². The molecule has 3 aromatic heterocycles. The van der Waals surface area contributed by atoms with Gasteiger partial charge >= 0.3 is 0 Å². The van der Waals surface area contributed by atoms with Gasteiger partial charge in [-0.1, -0.05) is 18.2 Å². The normalized spacial score (nSPS) is 16.9. The van der Waals surface area contributed by atoms with Gasteiger partial charge in [0.2, 0.25) is 5.91 Å². The van der Waals surface area contributed by atoms with Gasteiger partial charge in [0.05, 0.1) is 17.2 Å². The lowest BCUT2D eigenvalue weighted by atomic mass is 9.97. The first kappa shape index (κ1) is 18.5. The lowest BCUT2D eigenvalue weighted by Crippen LogP contribution is -2.40. The van der Waals surface area contributed by atoms with Crippen molar-refractivity contribution in [3.05, 3.63) is 71.2 Å². The van der Waals surface area contributed by atoms with Crippen LogP contribution in [0.3, 0.4) is 0 Å². The van der Waals surface area contributed by atoms with Gasteiger partial charge in [-0.3, -0.25) is 18.6 Å². The molecule has 152 valence electrons. The number of amides is 1. The summed E-state index contributed by atoms with van der Waals surface area (Å²) in [6.07, 6.45) is 5.67. The Morgan fingerprint density at radius 1 is 1.10 bits per heavy atom. The summed E-state index contributed by atoms with van der Waals surface area (Å²) in [7, 11) is 0. The summed E-state index contributed by atoms with van der Waals surface area (Å²) in [5.41, 5.74) is 1.38. The molecule has 1 aliphatic rings. The zero-order valence-electron chi connectivity index (χ0n) is 16.5. The summed E-state index contributed by atoms with van der Waals surface area (Å²) in [5.74, 6) is 1.11. The Morgan fingerprint density at radius 2 is 1.97 bits per heavy atom. The summed E-state index contributed by atoms with van der Waals surface area (Å²) in [5, 5.41) is 9.18. The predicted octanol–water partition coefficient (Wildman–Crippen LogP) is 2.24. The zero-order chi connectivity index (χ0) is 20.5. The first-order valence-electron chi connectivity index (χ1n) is 10.2. The maximum atomic E-state index is 12.9. The van der Waals surface area contributed by atoms with Crippen LogP contribution in [0.15, 0.2) is 59.8 Å². The Morgan fingerprint density at radius 3 is 2.90 bits per heavy atom. The molecule has 0 radical (unpaired) electrons. The summed E-state index contributed by atoms with van der Waals surface area (Å²) >= 11 is 0. The fraction of sp³-hybridized carbons (Fsp3) is 0.318. The van der Waals surface area contributed by atoms with Crippen LogP contribution >= 0.6 is 0 Å². The molecule has 0 spiro atoms. The second-order valence-electron chi connectivity index (χ2n) is 7.68. The Kier molecular flexibility index (Phi) is 4.74. The number of aryl methyl sites for hydroxylation is 1. The molecule has 1 aliphatic heterocycles. The molecular weight excluding hydrogens is 380 g/mol. The molecule has 1 aromatic carbocycles. The second kappa shape index (κ2) is 7.70. The van der Waals surface area contributed by atoms with Crippen LogP contribution in [0.2, 0.25) is 0 Å². The van der Waals surface area contributed by atoms with Crippen LogP contribution in [-0.4, -0.2) is 48.0 Å². The quantitative estimate of drug-likeness (QED) is 0.523. The van der Waals surface area contributed by atoms with E-state index in [9.17, 15) is 9.59 Å². The van der Waals surface area contributed by atoms with Gasteiger partial charge in [-0.2, -0.15) is 0 Å². The van der Waals surface area contributed by atoms with Crippen molar-refractivity contribution in [2.24, 2.45) is 0 Å². The van der Waals surface area contributed by atoms with Gasteiger partial charge in [0.25, 0.3) is 5.56 Å². The van der Waals surface area contributed by atoms with Gasteiger partial charge < -0.3 is 4.90 Å². The standard InChI is InChI=1S/C22H22N6O2/c29-20(10-13-27-15-23-18-8-2-1-7-17(18)22(27)30)26-11-5-6-16(14-26)21-25-24-19-9-3-4-12-28(19)21/h1-4,7-9,12,15-16H,5-6,10-11,13-14H2. The third-order valence-corrected chi connectivity index (χ3v) is 5.78. The molecule has 1 amide bonds. The molecular formula is C22H22N6O2. The van der Waals surface area contributed by atoms with Gasteiger partial charge in [-0.25, -0.2) is 4.98 Å². The molecule has 0 bridgehead atoms. The Labute approximate surface area is 172 Å². The summed E-state index contributed by atoms with van der Waals surface area (Å²) in [6.45, 7) is 1.68. The molecule has 0 saturated carbocycles. The number of piperidine rings is 1.